The molecule has 1 aliphatic heterocycles. The van der Waals surface area contributed by atoms with Gasteiger partial charge in [0.05, 0.1) is 25.8 Å². The Hall–Kier alpha value is -3.47. The van der Waals surface area contributed by atoms with Crippen molar-refractivity contribution < 1.29 is 23.7 Å². The van der Waals surface area contributed by atoms with E-state index >= 15 is 0 Å². The fourth-order valence-corrected chi connectivity index (χ4v) is 5.94. The Labute approximate surface area is 244 Å². The first-order valence-corrected chi connectivity index (χ1v) is 13.7. The summed E-state index contributed by atoms with van der Waals surface area (Å²) >= 11 is 13.4. The number of rotatable bonds is 9. The molecular weight excluding hydrogens is 574 g/mol. The van der Waals surface area contributed by atoms with Crippen molar-refractivity contribution in [3.8, 4) is 5.75 Å². The summed E-state index contributed by atoms with van der Waals surface area (Å²) in [6.45, 7) is -0.635. The van der Waals surface area contributed by atoms with Crippen LogP contribution in [0.5, 0.6) is 5.75 Å². The fourth-order valence-electron chi connectivity index (χ4n) is 5.19. The van der Waals surface area contributed by atoms with E-state index in [-0.39, 0.29) is 5.88 Å². The first kappa shape index (κ1) is 29.0. The van der Waals surface area contributed by atoms with Gasteiger partial charge in [0.1, 0.15) is 28.4 Å². The lowest BCUT2D eigenvalue weighted by Crippen LogP contribution is -2.52. The lowest BCUT2D eigenvalue weighted by Gasteiger charge is -2.42. The monoisotopic (exact) mass is 600 g/mol. The third-order valence-corrected chi connectivity index (χ3v) is 8.19. The lowest BCUT2D eigenvalue weighted by atomic mass is 9.79. The molecule has 5 rings (SSSR count). The minimum Gasteiger partial charge on any atom is -0.497 e. The van der Waals surface area contributed by atoms with E-state index in [1.165, 1.54) is 0 Å². The molecule has 0 aliphatic carbocycles. The molecule has 8 nitrogen and oxygen atoms in total. The third kappa shape index (κ3) is 5.09. The van der Waals surface area contributed by atoms with E-state index in [0.717, 1.165) is 15.7 Å². The van der Waals surface area contributed by atoms with Crippen LogP contribution in [0.4, 0.5) is 4.39 Å². The number of aliphatic hydroxyl groups is 1. The molecule has 0 amide bonds. The normalized spacial score (nSPS) is 22.5. The van der Waals surface area contributed by atoms with Crippen LogP contribution in [0.15, 0.2) is 101 Å². The average Bonchev–Trinajstić information content (AvgIpc) is 3.29. The number of aromatic amines is 1. The van der Waals surface area contributed by atoms with Crippen molar-refractivity contribution >= 4 is 23.2 Å². The second kappa shape index (κ2) is 11.8. The number of aromatic nitrogens is 2. The SMILES string of the molecule is COc1ccc(C(O[C@H]2[C@H](Cl)[C@H](n3cc(F)c(=O)[nH]c3=O)O[C@@]2(CO)CCl)(c2ccccc2)c2ccccc2)cc1. The van der Waals surface area contributed by atoms with Gasteiger partial charge in [0.25, 0.3) is 5.56 Å². The molecule has 4 atom stereocenters. The van der Waals surface area contributed by atoms with Crippen molar-refractivity contribution in [2.75, 3.05) is 19.6 Å². The van der Waals surface area contributed by atoms with Crippen molar-refractivity contribution in [2.24, 2.45) is 0 Å². The Morgan fingerprint density at radius 2 is 1.56 bits per heavy atom. The second-order valence-electron chi connectivity index (χ2n) is 9.63. The molecule has 0 unspecified atom stereocenters. The third-order valence-electron chi connectivity index (χ3n) is 7.29. The molecule has 1 fully saturated rings. The molecule has 0 radical (unpaired) electrons. The zero-order valence-electron chi connectivity index (χ0n) is 21.9. The minimum atomic E-state index is -1.62. The van der Waals surface area contributed by atoms with Crippen LogP contribution in [0.2, 0.25) is 0 Å². The smallest absolute Gasteiger partial charge is 0.330 e. The summed E-state index contributed by atoms with van der Waals surface area (Å²) in [7, 11) is 1.57. The van der Waals surface area contributed by atoms with Crippen molar-refractivity contribution in [2.45, 2.75) is 28.9 Å². The maximum atomic E-state index is 14.3. The molecule has 2 heterocycles. The number of nitrogens with one attached hydrogen (secondary N) is 1. The number of methoxy groups -OCH3 is 1. The van der Waals surface area contributed by atoms with Crippen LogP contribution < -0.4 is 16.0 Å². The van der Waals surface area contributed by atoms with Gasteiger partial charge >= 0.3 is 5.69 Å². The molecule has 1 aliphatic rings. The summed E-state index contributed by atoms with van der Waals surface area (Å²) in [5, 5.41) is 9.46. The van der Waals surface area contributed by atoms with E-state index in [0.29, 0.717) is 17.5 Å². The zero-order chi connectivity index (χ0) is 29.2. The van der Waals surface area contributed by atoms with Crippen molar-refractivity contribution in [1.29, 1.82) is 0 Å². The van der Waals surface area contributed by atoms with Gasteiger partial charge in [-0.25, -0.2) is 4.79 Å². The molecule has 0 bridgehead atoms. The summed E-state index contributed by atoms with van der Waals surface area (Å²) in [6.07, 6.45) is -1.78. The fraction of sp³-hybridized carbons (Fsp3) is 0.267. The summed E-state index contributed by atoms with van der Waals surface area (Å²) in [4.78, 5) is 26.3. The molecule has 3 aromatic carbocycles. The second-order valence-corrected chi connectivity index (χ2v) is 10.4. The Morgan fingerprint density at radius 1 is 1.00 bits per heavy atom. The summed E-state index contributed by atoms with van der Waals surface area (Å²) in [5.74, 6) is -0.854. The van der Waals surface area contributed by atoms with Crippen molar-refractivity contribution in [3.63, 3.8) is 0 Å². The highest BCUT2D eigenvalue weighted by atomic mass is 35.5. The minimum absolute atomic E-state index is 0.281. The first-order valence-electron chi connectivity index (χ1n) is 12.7. The Balaban J connectivity index is 1.73. The number of halogens is 3. The van der Waals surface area contributed by atoms with E-state index in [1.54, 1.807) is 19.2 Å². The summed E-state index contributed by atoms with van der Waals surface area (Å²) < 4.78 is 33.7. The number of H-pyrrole nitrogens is 1. The predicted octanol–water partition coefficient (Wildman–Crippen LogP) is 4.17. The quantitative estimate of drug-likeness (QED) is 0.221. The molecular formula is C30H27Cl2FN2O6. The van der Waals surface area contributed by atoms with Crippen LogP contribution in [0.1, 0.15) is 22.9 Å². The highest BCUT2D eigenvalue weighted by Gasteiger charge is 2.59. The van der Waals surface area contributed by atoms with Gasteiger partial charge in [-0.3, -0.25) is 14.3 Å². The van der Waals surface area contributed by atoms with Crippen LogP contribution in [0, 0.1) is 5.82 Å². The maximum absolute atomic E-state index is 14.3. The predicted molar refractivity (Wildman–Crippen MR) is 152 cm³/mol. The Bertz CT molecular complexity index is 1550. The summed E-state index contributed by atoms with van der Waals surface area (Å²) in [6, 6.07) is 26.2. The van der Waals surface area contributed by atoms with Gasteiger partial charge in [0, 0.05) is 0 Å². The number of hydrogen-bond acceptors (Lipinski definition) is 6. The largest absolute Gasteiger partial charge is 0.497 e. The van der Waals surface area contributed by atoms with Crippen LogP contribution in [0.3, 0.4) is 0 Å². The standard InChI is InChI=1S/C30H27Cl2FN2O6/c1-39-22-14-12-21(13-15-22)30(19-8-4-2-5-9-19,20-10-6-3-7-11-20)40-25-24(32)27(41-29(25,17-31)18-36)35-16-23(33)26(37)34-28(35)38/h2-16,24-25,27,36H,17-18H2,1H3,(H,34,37,38)/t24-,25-,27+,29+/m0/s1. The molecule has 4 aromatic rings. The van der Waals surface area contributed by atoms with Gasteiger partial charge in [0.2, 0.25) is 5.82 Å². The van der Waals surface area contributed by atoms with Crippen LogP contribution in [-0.4, -0.2) is 51.3 Å². The molecule has 11 heteroatoms. The molecule has 41 heavy (non-hydrogen) atoms. The average molecular weight is 601 g/mol. The van der Waals surface area contributed by atoms with Crippen LogP contribution in [-0.2, 0) is 15.1 Å². The van der Waals surface area contributed by atoms with E-state index in [9.17, 15) is 19.1 Å². The van der Waals surface area contributed by atoms with Crippen LogP contribution >= 0.6 is 23.2 Å². The Kier molecular flexibility index (Phi) is 8.35. The molecule has 0 spiro atoms. The summed E-state index contributed by atoms with van der Waals surface area (Å²) in [5.41, 5.74) is -2.89. The van der Waals surface area contributed by atoms with Gasteiger partial charge in [-0.05, 0) is 28.8 Å². The molecule has 1 aromatic heterocycles. The van der Waals surface area contributed by atoms with E-state index in [2.05, 4.69) is 0 Å². The number of hydrogen-bond donors (Lipinski definition) is 2. The topological polar surface area (TPSA) is 103 Å². The van der Waals surface area contributed by atoms with Gasteiger partial charge in [-0.15, -0.1) is 23.2 Å². The van der Waals surface area contributed by atoms with Crippen LogP contribution in [0.25, 0.3) is 0 Å². The molecule has 214 valence electrons. The lowest BCUT2D eigenvalue weighted by molar-refractivity contribution is -0.152. The number of ether oxygens (including phenoxy) is 3. The van der Waals surface area contributed by atoms with E-state index in [4.69, 9.17) is 37.4 Å². The van der Waals surface area contributed by atoms with Crippen molar-refractivity contribution in [1.82, 2.24) is 9.55 Å². The molecule has 2 N–H and O–H groups in total. The van der Waals surface area contributed by atoms with Gasteiger partial charge < -0.3 is 19.3 Å². The zero-order valence-corrected chi connectivity index (χ0v) is 23.4. The van der Waals surface area contributed by atoms with Crippen molar-refractivity contribution in [3.05, 3.63) is 134 Å². The van der Waals surface area contributed by atoms with Gasteiger partial charge in [-0.2, -0.15) is 4.39 Å². The van der Waals surface area contributed by atoms with Gasteiger partial charge in [0.15, 0.2) is 6.23 Å². The first-order chi connectivity index (χ1) is 19.8. The maximum Gasteiger partial charge on any atom is 0.330 e. The molecule has 0 saturated carbocycles. The molecule has 1 saturated heterocycles. The number of aliphatic hydroxyl groups excluding tert-OH is 1. The Morgan fingerprint density at radius 3 is 2.07 bits per heavy atom. The highest BCUT2D eigenvalue weighted by molar-refractivity contribution is 6.22. The highest BCUT2D eigenvalue weighted by Crippen LogP contribution is 2.49. The van der Waals surface area contributed by atoms with E-state index < -0.39 is 52.6 Å². The number of alkyl halides is 2. The van der Waals surface area contributed by atoms with Gasteiger partial charge in [-0.1, -0.05) is 72.8 Å². The number of nitrogens with zero attached hydrogens (tertiary/aromatic N) is 1. The van der Waals surface area contributed by atoms with E-state index in [1.807, 2.05) is 77.8 Å². The number of benzene rings is 3.